The monoisotopic (exact) mass is 326 g/mol. The molecule has 120 valence electrons. The van der Waals surface area contributed by atoms with Crippen LogP contribution >= 0.6 is 0 Å². The van der Waals surface area contributed by atoms with Crippen molar-refractivity contribution in [2.75, 3.05) is 0 Å². The van der Waals surface area contributed by atoms with Gasteiger partial charge in [0.25, 0.3) is 0 Å². The fourth-order valence-corrected chi connectivity index (χ4v) is 2.90. The third kappa shape index (κ3) is 2.76. The van der Waals surface area contributed by atoms with Crippen LogP contribution in [0.3, 0.4) is 0 Å². The summed E-state index contributed by atoms with van der Waals surface area (Å²) >= 11 is 0. The normalized spacial score (nSPS) is 11.4. The van der Waals surface area contributed by atoms with Gasteiger partial charge in [0.15, 0.2) is 11.2 Å². The molecule has 1 aromatic heterocycles. The zero-order valence-electron chi connectivity index (χ0n) is 13.3. The van der Waals surface area contributed by atoms with Gasteiger partial charge < -0.3 is 4.42 Å². The molecule has 0 amide bonds. The van der Waals surface area contributed by atoms with Crippen LogP contribution in [-0.4, -0.2) is 5.78 Å². The first-order valence-electron chi connectivity index (χ1n) is 7.95. The van der Waals surface area contributed by atoms with Crippen molar-refractivity contribution >= 4 is 33.6 Å². The van der Waals surface area contributed by atoms with E-state index in [1.165, 1.54) is 18.4 Å². The summed E-state index contributed by atoms with van der Waals surface area (Å²) in [6, 6.07) is 20.4. The maximum atomic E-state index is 12.6. The second kappa shape index (κ2) is 6.21. The lowest BCUT2D eigenvalue weighted by Crippen LogP contribution is -2.05. The molecule has 4 rings (SSSR count). The average molecular weight is 326 g/mol. The lowest BCUT2D eigenvalue weighted by molar-refractivity contribution is 0.104. The van der Waals surface area contributed by atoms with Crippen LogP contribution in [0, 0.1) is 0 Å². The van der Waals surface area contributed by atoms with Gasteiger partial charge in [0.2, 0.25) is 0 Å². The highest BCUT2D eigenvalue weighted by Gasteiger charge is 2.08. The van der Waals surface area contributed by atoms with Crippen molar-refractivity contribution in [3.63, 3.8) is 0 Å². The van der Waals surface area contributed by atoms with Crippen LogP contribution in [0.15, 0.2) is 88.3 Å². The van der Waals surface area contributed by atoms with Gasteiger partial charge >= 0.3 is 0 Å². The number of para-hydroxylation sites is 1. The molecule has 0 saturated carbocycles. The molecule has 3 heteroatoms. The molecule has 0 N–H and O–H groups in total. The summed E-state index contributed by atoms with van der Waals surface area (Å²) in [6.45, 7) is 0. The summed E-state index contributed by atoms with van der Waals surface area (Å²) in [5.74, 6) is -0.149. The van der Waals surface area contributed by atoms with Gasteiger partial charge in [-0.3, -0.25) is 9.59 Å². The van der Waals surface area contributed by atoms with Gasteiger partial charge in [0, 0.05) is 5.56 Å². The van der Waals surface area contributed by atoms with Gasteiger partial charge in [0.1, 0.15) is 11.8 Å². The Balaban J connectivity index is 1.73. The Labute approximate surface area is 143 Å². The van der Waals surface area contributed by atoms with Crippen molar-refractivity contribution in [3.8, 4) is 0 Å². The predicted molar refractivity (Wildman–Crippen MR) is 99.8 cm³/mol. The molecule has 0 saturated heterocycles. The van der Waals surface area contributed by atoms with Crippen molar-refractivity contribution < 1.29 is 9.21 Å². The number of rotatable bonds is 3. The van der Waals surface area contributed by atoms with Crippen LogP contribution in [0.4, 0.5) is 0 Å². The van der Waals surface area contributed by atoms with Crippen LogP contribution in [0.25, 0.3) is 27.8 Å². The van der Waals surface area contributed by atoms with E-state index in [4.69, 9.17) is 4.42 Å². The molecule has 3 aromatic carbocycles. The zero-order valence-corrected chi connectivity index (χ0v) is 13.3. The van der Waals surface area contributed by atoms with Crippen molar-refractivity contribution in [2.24, 2.45) is 0 Å². The Bertz CT molecular complexity index is 1180. The lowest BCUT2D eigenvalue weighted by atomic mass is 10.0. The van der Waals surface area contributed by atoms with Crippen molar-refractivity contribution in [2.45, 2.75) is 0 Å². The smallest absolute Gasteiger partial charge is 0.199 e. The molecule has 0 spiro atoms. The SMILES string of the molecule is O=C(/C=C/c1coc2ccccc2c1=O)c1cccc2ccccc12. The van der Waals surface area contributed by atoms with E-state index in [0.717, 1.165) is 10.8 Å². The van der Waals surface area contributed by atoms with E-state index < -0.39 is 0 Å². The molecule has 0 atom stereocenters. The number of hydrogen-bond donors (Lipinski definition) is 0. The Kier molecular flexibility index (Phi) is 3.75. The molecule has 4 aromatic rings. The number of hydrogen-bond acceptors (Lipinski definition) is 3. The fraction of sp³-hybridized carbons (Fsp3) is 0. The summed E-state index contributed by atoms with van der Waals surface area (Å²) in [5, 5.41) is 2.40. The van der Waals surface area contributed by atoms with Crippen LogP contribution in [0.5, 0.6) is 0 Å². The maximum Gasteiger partial charge on any atom is 0.199 e. The van der Waals surface area contributed by atoms with E-state index in [9.17, 15) is 9.59 Å². The molecular formula is C22H14O3. The number of carbonyl (C=O) groups excluding carboxylic acids is 1. The summed E-state index contributed by atoms with van der Waals surface area (Å²) < 4.78 is 5.47. The van der Waals surface area contributed by atoms with Gasteiger partial charge in [-0.25, -0.2) is 0 Å². The number of allylic oxidation sites excluding steroid dienone is 1. The second-order valence-corrected chi connectivity index (χ2v) is 5.74. The van der Waals surface area contributed by atoms with Gasteiger partial charge in [-0.05, 0) is 35.1 Å². The van der Waals surface area contributed by atoms with E-state index in [2.05, 4.69) is 0 Å². The topological polar surface area (TPSA) is 47.3 Å². The minimum Gasteiger partial charge on any atom is -0.463 e. The molecule has 0 aliphatic rings. The Morgan fingerprint density at radius 3 is 2.44 bits per heavy atom. The molecule has 0 unspecified atom stereocenters. The van der Waals surface area contributed by atoms with Gasteiger partial charge in [0.05, 0.1) is 10.9 Å². The van der Waals surface area contributed by atoms with Crippen LogP contribution in [0.1, 0.15) is 15.9 Å². The van der Waals surface area contributed by atoms with Crippen LogP contribution in [-0.2, 0) is 0 Å². The molecule has 0 aliphatic carbocycles. The van der Waals surface area contributed by atoms with Crippen LogP contribution < -0.4 is 5.43 Å². The first kappa shape index (κ1) is 15.1. The van der Waals surface area contributed by atoms with Gasteiger partial charge in [-0.15, -0.1) is 0 Å². The van der Waals surface area contributed by atoms with Crippen molar-refractivity contribution in [1.82, 2.24) is 0 Å². The minimum absolute atomic E-state index is 0.149. The molecule has 25 heavy (non-hydrogen) atoms. The highest BCUT2D eigenvalue weighted by molar-refractivity contribution is 6.14. The van der Waals surface area contributed by atoms with E-state index in [0.29, 0.717) is 22.1 Å². The second-order valence-electron chi connectivity index (χ2n) is 5.74. The van der Waals surface area contributed by atoms with Gasteiger partial charge in [-0.2, -0.15) is 0 Å². The van der Waals surface area contributed by atoms with E-state index in [-0.39, 0.29) is 11.2 Å². The third-order valence-corrected chi connectivity index (χ3v) is 4.18. The lowest BCUT2D eigenvalue weighted by Gasteiger charge is -2.03. The number of carbonyl (C=O) groups is 1. The Hall–Kier alpha value is -3.46. The van der Waals surface area contributed by atoms with Crippen molar-refractivity contribution in [3.05, 3.63) is 100 Å². The highest BCUT2D eigenvalue weighted by atomic mass is 16.3. The third-order valence-electron chi connectivity index (χ3n) is 4.18. The quantitative estimate of drug-likeness (QED) is 0.400. The maximum absolute atomic E-state index is 12.6. The Morgan fingerprint density at radius 2 is 1.56 bits per heavy atom. The number of benzene rings is 3. The fourth-order valence-electron chi connectivity index (χ4n) is 2.90. The zero-order chi connectivity index (χ0) is 17.2. The first-order chi connectivity index (χ1) is 12.2. The Morgan fingerprint density at radius 1 is 0.840 bits per heavy atom. The molecule has 0 radical (unpaired) electrons. The number of fused-ring (bicyclic) bond motifs is 2. The molecule has 1 heterocycles. The van der Waals surface area contributed by atoms with Gasteiger partial charge in [-0.1, -0.05) is 54.6 Å². The summed E-state index contributed by atoms with van der Waals surface area (Å²) in [7, 11) is 0. The van der Waals surface area contributed by atoms with E-state index >= 15 is 0 Å². The summed E-state index contributed by atoms with van der Waals surface area (Å²) in [4.78, 5) is 25.1. The molecule has 0 fully saturated rings. The highest BCUT2D eigenvalue weighted by Crippen LogP contribution is 2.19. The first-order valence-corrected chi connectivity index (χ1v) is 7.95. The average Bonchev–Trinajstić information content (AvgIpc) is 2.67. The van der Waals surface area contributed by atoms with E-state index in [1.54, 1.807) is 24.3 Å². The summed E-state index contributed by atoms with van der Waals surface area (Å²) in [6.07, 6.45) is 4.32. The van der Waals surface area contributed by atoms with Crippen LogP contribution in [0.2, 0.25) is 0 Å². The molecule has 0 bridgehead atoms. The predicted octanol–water partition coefficient (Wildman–Crippen LogP) is 4.84. The molecular weight excluding hydrogens is 312 g/mol. The minimum atomic E-state index is -0.149. The molecule has 0 aliphatic heterocycles. The standard InChI is InChI=1S/C22H14O3/c23-20(18-10-5-7-15-6-1-2-8-17(15)18)13-12-16-14-25-21-11-4-3-9-19(21)22(16)24/h1-14H/b13-12+. The molecule has 3 nitrogen and oxygen atoms in total. The largest absolute Gasteiger partial charge is 0.463 e. The van der Waals surface area contributed by atoms with Crippen molar-refractivity contribution in [1.29, 1.82) is 0 Å². The summed E-state index contributed by atoms with van der Waals surface area (Å²) in [5.41, 5.74) is 1.35. The van der Waals surface area contributed by atoms with E-state index in [1.807, 2.05) is 42.5 Å². The number of ketones is 1.